The van der Waals surface area contributed by atoms with Gasteiger partial charge in [-0.3, -0.25) is 4.57 Å². The van der Waals surface area contributed by atoms with Crippen molar-refractivity contribution in [2.45, 2.75) is 17.3 Å². The monoisotopic (exact) mass is 489 g/mol. The van der Waals surface area contributed by atoms with E-state index in [9.17, 15) is 0 Å². The van der Waals surface area contributed by atoms with Crippen LogP contribution in [0.2, 0.25) is 5.02 Å². The second kappa shape index (κ2) is 9.66. The van der Waals surface area contributed by atoms with Crippen LogP contribution in [0, 0.1) is 0 Å². The molecule has 0 aliphatic heterocycles. The summed E-state index contributed by atoms with van der Waals surface area (Å²) < 4.78 is 9.05. The largest absolute Gasteiger partial charge is 0.495 e. The first kappa shape index (κ1) is 22.1. The van der Waals surface area contributed by atoms with Crippen LogP contribution < -0.4 is 4.74 Å². The third kappa shape index (κ3) is 4.27. The van der Waals surface area contributed by atoms with E-state index in [1.807, 2.05) is 90.4 Å². The van der Waals surface area contributed by atoms with Crippen LogP contribution in [0.3, 0.4) is 0 Å². The molecule has 8 nitrogen and oxygen atoms in total. The normalized spacial score (nSPS) is 12.0. The summed E-state index contributed by atoms with van der Waals surface area (Å²) >= 11 is 7.97. The predicted molar refractivity (Wildman–Crippen MR) is 132 cm³/mol. The van der Waals surface area contributed by atoms with Crippen molar-refractivity contribution in [2.75, 3.05) is 7.11 Å². The van der Waals surface area contributed by atoms with Crippen molar-refractivity contribution >= 4 is 23.4 Å². The summed E-state index contributed by atoms with van der Waals surface area (Å²) in [5.41, 5.74) is 2.66. The number of nitrogens with zero attached hydrogens (tertiary/aromatic N) is 7. The second-order valence-corrected chi connectivity index (χ2v) is 9.09. The van der Waals surface area contributed by atoms with Gasteiger partial charge in [0.1, 0.15) is 5.75 Å². The molecular formula is C24H20ClN7OS. The number of thioether (sulfide) groups is 1. The standard InChI is InChI=1S/C24H20ClN7OS/c1-16(22-27-29-30-32(22)18-11-7-4-8-12-18)34-24-28-26-23(17-9-5-3-6-10-17)31(24)19-13-14-21(33-2)20(25)15-19/h3-16H,1-2H3. The molecular weight excluding hydrogens is 470 g/mol. The molecule has 2 heterocycles. The lowest BCUT2D eigenvalue weighted by Gasteiger charge is -2.14. The Morgan fingerprint density at radius 1 is 0.882 bits per heavy atom. The van der Waals surface area contributed by atoms with E-state index in [0.717, 1.165) is 16.9 Å². The van der Waals surface area contributed by atoms with E-state index in [0.29, 0.717) is 27.6 Å². The highest BCUT2D eigenvalue weighted by Gasteiger charge is 2.23. The molecule has 0 saturated heterocycles. The minimum absolute atomic E-state index is 0.115. The molecule has 170 valence electrons. The van der Waals surface area contributed by atoms with Gasteiger partial charge in [0.25, 0.3) is 0 Å². The van der Waals surface area contributed by atoms with Crippen LogP contribution in [0.25, 0.3) is 22.8 Å². The second-order valence-electron chi connectivity index (χ2n) is 7.37. The fraction of sp³-hybridized carbons (Fsp3) is 0.125. The fourth-order valence-corrected chi connectivity index (χ4v) is 4.76. The van der Waals surface area contributed by atoms with Crippen molar-refractivity contribution in [3.8, 4) is 28.5 Å². The Morgan fingerprint density at radius 3 is 2.32 bits per heavy atom. The van der Waals surface area contributed by atoms with Crippen LogP contribution in [-0.2, 0) is 0 Å². The number of para-hydroxylation sites is 1. The van der Waals surface area contributed by atoms with Crippen molar-refractivity contribution < 1.29 is 4.74 Å². The third-order valence-electron chi connectivity index (χ3n) is 5.20. The summed E-state index contributed by atoms with van der Waals surface area (Å²) in [5, 5.41) is 22.5. The first-order chi connectivity index (χ1) is 16.7. The van der Waals surface area contributed by atoms with Gasteiger partial charge < -0.3 is 4.74 Å². The van der Waals surface area contributed by atoms with Crippen molar-refractivity contribution in [1.82, 2.24) is 35.0 Å². The van der Waals surface area contributed by atoms with E-state index in [2.05, 4.69) is 25.7 Å². The van der Waals surface area contributed by atoms with Gasteiger partial charge in [-0.15, -0.1) is 15.3 Å². The van der Waals surface area contributed by atoms with Gasteiger partial charge in [0.2, 0.25) is 0 Å². The van der Waals surface area contributed by atoms with Crippen molar-refractivity contribution in [3.63, 3.8) is 0 Å². The molecule has 5 rings (SSSR count). The smallest absolute Gasteiger partial charge is 0.196 e. The van der Waals surface area contributed by atoms with Gasteiger partial charge in [0.15, 0.2) is 16.8 Å². The van der Waals surface area contributed by atoms with E-state index in [4.69, 9.17) is 16.3 Å². The summed E-state index contributed by atoms with van der Waals surface area (Å²) in [5.74, 6) is 2.02. The lowest BCUT2D eigenvalue weighted by molar-refractivity contribution is 0.415. The number of tetrazole rings is 1. The zero-order valence-corrected chi connectivity index (χ0v) is 20.0. The Hall–Kier alpha value is -3.69. The van der Waals surface area contributed by atoms with Crippen LogP contribution in [0.4, 0.5) is 0 Å². The third-order valence-corrected chi connectivity index (χ3v) is 6.53. The molecule has 0 N–H and O–H groups in total. The Balaban J connectivity index is 1.56. The highest BCUT2D eigenvalue weighted by atomic mass is 35.5. The van der Waals surface area contributed by atoms with Gasteiger partial charge in [-0.05, 0) is 47.7 Å². The Bertz CT molecular complexity index is 1410. The molecule has 0 fully saturated rings. The number of halogens is 1. The van der Waals surface area contributed by atoms with Gasteiger partial charge in [0.05, 0.1) is 28.8 Å². The van der Waals surface area contributed by atoms with Gasteiger partial charge in [0, 0.05) is 5.56 Å². The average Bonchev–Trinajstić information content (AvgIpc) is 3.53. The zero-order valence-electron chi connectivity index (χ0n) is 18.4. The van der Waals surface area contributed by atoms with E-state index in [1.54, 1.807) is 11.8 Å². The molecule has 0 saturated carbocycles. The quantitative estimate of drug-likeness (QED) is 0.282. The van der Waals surface area contributed by atoms with E-state index in [1.165, 1.54) is 11.8 Å². The summed E-state index contributed by atoms with van der Waals surface area (Å²) in [6, 6.07) is 25.3. The molecule has 0 bridgehead atoms. The molecule has 0 amide bonds. The van der Waals surface area contributed by atoms with E-state index >= 15 is 0 Å². The maximum atomic E-state index is 6.46. The van der Waals surface area contributed by atoms with Gasteiger partial charge >= 0.3 is 0 Å². The molecule has 1 unspecified atom stereocenters. The average molecular weight is 490 g/mol. The maximum Gasteiger partial charge on any atom is 0.196 e. The van der Waals surface area contributed by atoms with E-state index in [-0.39, 0.29) is 5.25 Å². The number of methoxy groups -OCH3 is 1. The van der Waals surface area contributed by atoms with Crippen LogP contribution >= 0.6 is 23.4 Å². The molecule has 0 radical (unpaired) electrons. The van der Waals surface area contributed by atoms with Crippen molar-refractivity contribution in [2.24, 2.45) is 0 Å². The minimum Gasteiger partial charge on any atom is -0.495 e. The number of ether oxygens (including phenoxy) is 1. The van der Waals surface area contributed by atoms with Crippen molar-refractivity contribution in [3.05, 3.63) is 89.7 Å². The number of hydrogen-bond acceptors (Lipinski definition) is 7. The van der Waals surface area contributed by atoms with Gasteiger partial charge in [-0.2, -0.15) is 4.68 Å². The molecule has 0 spiro atoms. The van der Waals surface area contributed by atoms with Gasteiger partial charge in [-0.25, -0.2) is 0 Å². The summed E-state index contributed by atoms with van der Waals surface area (Å²) in [4.78, 5) is 0. The molecule has 0 aliphatic rings. The van der Waals surface area contributed by atoms with E-state index < -0.39 is 0 Å². The lowest BCUT2D eigenvalue weighted by atomic mass is 10.2. The first-order valence-corrected chi connectivity index (χ1v) is 11.8. The predicted octanol–water partition coefficient (Wildman–Crippen LogP) is 5.43. The summed E-state index contributed by atoms with van der Waals surface area (Å²) in [6.07, 6.45) is 0. The maximum absolute atomic E-state index is 6.46. The highest BCUT2D eigenvalue weighted by molar-refractivity contribution is 7.99. The molecule has 2 aromatic heterocycles. The van der Waals surface area contributed by atoms with Crippen LogP contribution in [0.15, 0.2) is 84.0 Å². The molecule has 5 aromatic rings. The number of benzene rings is 3. The van der Waals surface area contributed by atoms with Crippen LogP contribution in [0.1, 0.15) is 18.0 Å². The first-order valence-electron chi connectivity index (χ1n) is 10.5. The van der Waals surface area contributed by atoms with Crippen molar-refractivity contribution in [1.29, 1.82) is 0 Å². The summed E-state index contributed by atoms with van der Waals surface area (Å²) in [6.45, 7) is 2.04. The van der Waals surface area contributed by atoms with Gasteiger partial charge in [-0.1, -0.05) is 71.9 Å². The molecule has 1 atom stereocenters. The molecule has 34 heavy (non-hydrogen) atoms. The number of hydrogen-bond donors (Lipinski definition) is 0. The number of rotatable bonds is 7. The molecule has 0 aliphatic carbocycles. The SMILES string of the molecule is COc1ccc(-n2c(SC(C)c3nnnn3-c3ccccc3)nnc2-c2ccccc2)cc1Cl. The Labute approximate surface area is 205 Å². The highest BCUT2D eigenvalue weighted by Crippen LogP contribution is 2.37. The number of aromatic nitrogens is 7. The Kier molecular flexibility index (Phi) is 6.29. The topological polar surface area (TPSA) is 83.5 Å². The lowest BCUT2D eigenvalue weighted by Crippen LogP contribution is -2.06. The molecule has 10 heteroatoms. The summed E-state index contributed by atoms with van der Waals surface area (Å²) in [7, 11) is 1.59. The minimum atomic E-state index is -0.115. The Morgan fingerprint density at radius 2 is 1.62 bits per heavy atom. The van der Waals surface area contributed by atoms with Crippen LogP contribution in [-0.4, -0.2) is 42.1 Å². The fourth-order valence-electron chi connectivity index (χ4n) is 3.56. The van der Waals surface area contributed by atoms with Crippen LogP contribution in [0.5, 0.6) is 5.75 Å². The molecule has 3 aromatic carbocycles. The zero-order chi connectivity index (χ0) is 23.5.